The van der Waals surface area contributed by atoms with Gasteiger partial charge in [-0.25, -0.2) is 4.98 Å². The van der Waals surface area contributed by atoms with Gasteiger partial charge in [0.1, 0.15) is 60.7 Å². The van der Waals surface area contributed by atoms with Crippen molar-refractivity contribution in [2.75, 3.05) is 26.9 Å². The Bertz CT molecular complexity index is 1120. The highest BCUT2D eigenvalue weighted by molar-refractivity contribution is 7.99. The summed E-state index contributed by atoms with van der Waals surface area (Å²) in [4.78, 5) is 17.7. The number of thioether (sulfide) groups is 1. The van der Waals surface area contributed by atoms with Gasteiger partial charge in [0.25, 0.3) is 11.8 Å². The second kappa shape index (κ2) is 11.8. The zero-order chi connectivity index (χ0) is 25.7. The highest BCUT2D eigenvalue weighted by atomic mass is 32.2. The standard InChI is InChI=1S/C21H23FN4O9S/c1-31-25-14(19-26-33-7-6-32-19)10-4-2-3-5-11(10)34-18-13(22)20(24-9-23-18)36-21-17(30)16(29)15(28)12(8-27)35-21/h2-5,9,12,15-17,21,27-30H,6-8H2,1H3/b25-14+/t12-,15-,16+,17-,21+/m1/s1. The minimum Gasteiger partial charge on any atom is -0.470 e. The second-order valence-electron chi connectivity index (χ2n) is 7.41. The minimum atomic E-state index is -1.62. The molecule has 1 fully saturated rings. The first-order chi connectivity index (χ1) is 17.4. The van der Waals surface area contributed by atoms with Gasteiger partial charge < -0.3 is 44.3 Å². The highest BCUT2D eigenvalue weighted by Crippen LogP contribution is 2.36. The molecule has 13 nitrogen and oxygen atoms in total. The van der Waals surface area contributed by atoms with E-state index in [0.717, 1.165) is 6.33 Å². The lowest BCUT2D eigenvalue weighted by molar-refractivity contribution is -0.205. The average Bonchev–Trinajstić information content (AvgIpc) is 2.90. The lowest BCUT2D eigenvalue weighted by Crippen LogP contribution is -2.57. The van der Waals surface area contributed by atoms with Gasteiger partial charge in [0.05, 0.1) is 12.2 Å². The molecule has 1 saturated heterocycles. The maximum absolute atomic E-state index is 15.3. The summed E-state index contributed by atoms with van der Waals surface area (Å²) in [5.74, 6) is -1.26. The fraction of sp³-hybridized carbons (Fsp3) is 0.429. The number of ether oxygens (including phenoxy) is 3. The first-order valence-corrected chi connectivity index (χ1v) is 11.5. The van der Waals surface area contributed by atoms with Gasteiger partial charge in [-0.2, -0.15) is 9.37 Å². The molecule has 0 bridgehead atoms. The van der Waals surface area contributed by atoms with Crippen molar-refractivity contribution in [3.8, 4) is 11.6 Å². The zero-order valence-electron chi connectivity index (χ0n) is 18.8. The molecule has 4 rings (SSSR count). The Morgan fingerprint density at radius 3 is 2.69 bits per heavy atom. The average molecular weight is 526 g/mol. The Balaban J connectivity index is 1.60. The van der Waals surface area contributed by atoms with Gasteiger partial charge in [0.2, 0.25) is 5.82 Å². The second-order valence-corrected chi connectivity index (χ2v) is 8.50. The molecule has 0 unspecified atom stereocenters. The Morgan fingerprint density at radius 1 is 1.17 bits per heavy atom. The summed E-state index contributed by atoms with van der Waals surface area (Å²) < 4.78 is 32.0. The molecule has 2 aliphatic heterocycles. The van der Waals surface area contributed by atoms with Gasteiger partial charge in [-0.3, -0.25) is 0 Å². The molecule has 2 aromatic rings. The van der Waals surface area contributed by atoms with E-state index in [9.17, 15) is 20.4 Å². The number of aliphatic hydroxyl groups excluding tert-OH is 4. The minimum absolute atomic E-state index is 0.0428. The third-order valence-corrected chi connectivity index (χ3v) is 6.23. The summed E-state index contributed by atoms with van der Waals surface area (Å²) in [6, 6.07) is 6.49. The first-order valence-electron chi connectivity index (χ1n) is 10.6. The van der Waals surface area contributed by atoms with E-state index in [1.54, 1.807) is 18.2 Å². The van der Waals surface area contributed by atoms with Crippen molar-refractivity contribution in [2.45, 2.75) is 34.9 Å². The Kier molecular flexibility index (Phi) is 8.50. The molecule has 0 aliphatic carbocycles. The number of oxime groups is 2. The smallest absolute Gasteiger partial charge is 0.280 e. The third-order valence-electron chi connectivity index (χ3n) is 5.10. The summed E-state index contributed by atoms with van der Waals surface area (Å²) >= 11 is 0.630. The van der Waals surface area contributed by atoms with Gasteiger partial charge >= 0.3 is 0 Å². The van der Waals surface area contributed by atoms with Crippen molar-refractivity contribution in [2.24, 2.45) is 10.3 Å². The molecule has 2 aliphatic rings. The maximum Gasteiger partial charge on any atom is 0.280 e. The van der Waals surface area contributed by atoms with Gasteiger partial charge in [0.15, 0.2) is 12.3 Å². The van der Waals surface area contributed by atoms with Crippen molar-refractivity contribution in [1.82, 2.24) is 9.97 Å². The van der Waals surface area contributed by atoms with E-state index >= 15 is 4.39 Å². The SMILES string of the molecule is CO/N=C(/C1=NOCCO1)c1ccccc1Oc1ncnc(S[C@@H]2O[C@H](CO)[C@@H](O)[C@H](O)[C@H]2O)c1F. The molecule has 3 heterocycles. The fourth-order valence-electron chi connectivity index (χ4n) is 3.33. The molecule has 15 heteroatoms. The number of halogens is 1. The molecule has 4 N–H and O–H groups in total. The van der Waals surface area contributed by atoms with E-state index < -0.39 is 48.2 Å². The van der Waals surface area contributed by atoms with Gasteiger partial charge in [-0.1, -0.05) is 29.1 Å². The molecule has 1 aromatic carbocycles. The molecular weight excluding hydrogens is 503 g/mol. The molecule has 1 aromatic heterocycles. The van der Waals surface area contributed by atoms with Crippen LogP contribution >= 0.6 is 11.8 Å². The van der Waals surface area contributed by atoms with E-state index in [2.05, 4.69) is 20.3 Å². The first kappa shape index (κ1) is 26.0. The van der Waals surface area contributed by atoms with Crippen LogP contribution in [-0.4, -0.2) is 98.8 Å². The highest BCUT2D eigenvalue weighted by Gasteiger charge is 2.44. The molecule has 0 radical (unpaired) electrons. The van der Waals surface area contributed by atoms with Crippen LogP contribution in [0.25, 0.3) is 0 Å². The van der Waals surface area contributed by atoms with Gasteiger partial charge in [0, 0.05) is 0 Å². The molecule has 194 valence electrons. The lowest BCUT2D eigenvalue weighted by atomic mass is 10.0. The number of nitrogens with zero attached hydrogens (tertiary/aromatic N) is 4. The van der Waals surface area contributed by atoms with Gasteiger partial charge in [-0.05, 0) is 17.3 Å². The van der Waals surface area contributed by atoms with Crippen molar-refractivity contribution in [3.63, 3.8) is 0 Å². The van der Waals surface area contributed by atoms with Crippen LogP contribution in [0.15, 0.2) is 45.9 Å². The fourth-order valence-corrected chi connectivity index (χ4v) is 4.35. The molecule has 0 amide bonds. The Labute approximate surface area is 208 Å². The zero-order valence-corrected chi connectivity index (χ0v) is 19.6. The van der Waals surface area contributed by atoms with Crippen LogP contribution in [0, 0.1) is 5.82 Å². The quantitative estimate of drug-likeness (QED) is 0.206. The van der Waals surface area contributed by atoms with Gasteiger partial charge in [-0.15, -0.1) is 0 Å². The van der Waals surface area contributed by atoms with Crippen LogP contribution in [0.2, 0.25) is 0 Å². The Morgan fingerprint density at radius 2 is 1.97 bits per heavy atom. The van der Waals surface area contributed by atoms with Crippen LogP contribution in [0.4, 0.5) is 4.39 Å². The van der Waals surface area contributed by atoms with Crippen LogP contribution in [-0.2, 0) is 19.1 Å². The number of benzene rings is 1. The third kappa shape index (κ3) is 5.50. The van der Waals surface area contributed by atoms with Crippen molar-refractivity contribution in [1.29, 1.82) is 0 Å². The molecular formula is C21H23FN4O9S. The van der Waals surface area contributed by atoms with E-state index in [0.29, 0.717) is 17.3 Å². The molecule has 0 spiro atoms. The van der Waals surface area contributed by atoms with Crippen LogP contribution in [0.1, 0.15) is 5.56 Å². The van der Waals surface area contributed by atoms with E-state index in [1.165, 1.54) is 13.2 Å². The van der Waals surface area contributed by atoms with Crippen molar-refractivity contribution < 1.29 is 48.7 Å². The van der Waals surface area contributed by atoms with E-state index in [4.69, 9.17) is 23.9 Å². The van der Waals surface area contributed by atoms with Crippen LogP contribution in [0.3, 0.4) is 0 Å². The number of rotatable bonds is 8. The normalized spacial score (nSPS) is 26.4. The van der Waals surface area contributed by atoms with E-state index in [-0.39, 0.29) is 35.6 Å². The maximum atomic E-state index is 15.3. The van der Waals surface area contributed by atoms with E-state index in [1.807, 2.05) is 0 Å². The monoisotopic (exact) mass is 526 g/mol. The summed E-state index contributed by atoms with van der Waals surface area (Å²) in [7, 11) is 1.33. The topological polar surface area (TPSA) is 178 Å². The predicted molar refractivity (Wildman–Crippen MR) is 121 cm³/mol. The molecule has 5 atom stereocenters. The van der Waals surface area contributed by atoms with Crippen LogP contribution < -0.4 is 4.74 Å². The van der Waals surface area contributed by atoms with Crippen molar-refractivity contribution in [3.05, 3.63) is 42.0 Å². The number of aliphatic hydroxyl groups is 4. The van der Waals surface area contributed by atoms with Crippen LogP contribution in [0.5, 0.6) is 11.6 Å². The number of para-hydroxylation sites is 1. The summed E-state index contributed by atoms with van der Waals surface area (Å²) in [5.41, 5.74) is -0.769. The number of hydrogen-bond acceptors (Lipinski definition) is 14. The molecule has 0 saturated carbocycles. The summed E-state index contributed by atoms with van der Waals surface area (Å²) in [6.07, 6.45) is -4.86. The predicted octanol–water partition coefficient (Wildman–Crippen LogP) is 0.0108. The summed E-state index contributed by atoms with van der Waals surface area (Å²) in [6.45, 7) is -0.114. The lowest BCUT2D eigenvalue weighted by Gasteiger charge is -2.39. The summed E-state index contributed by atoms with van der Waals surface area (Å²) in [5, 5.41) is 47.1. The molecule has 36 heavy (non-hydrogen) atoms. The Hall–Kier alpha value is -3.08. The number of hydrogen-bond donors (Lipinski definition) is 4. The van der Waals surface area contributed by atoms with Crippen molar-refractivity contribution >= 4 is 23.4 Å². The number of aromatic nitrogens is 2. The largest absolute Gasteiger partial charge is 0.470 e.